The fourth-order valence-electron chi connectivity index (χ4n) is 2.92. The van der Waals surface area contributed by atoms with Gasteiger partial charge in [-0.25, -0.2) is 0 Å². The zero-order valence-corrected chi connectivity index (χ0v) is 15.9. The van der Waals surface area contributed by atoms with E-state index in [2.05, 4.69) is 42.1 Å². The van der Waals surface area contributed by atoms with Crippen LogP contribution in [0.4, 0.5) is 0 Å². The molecule has 0 unspecified atom stereocenters. The number of hydrogen-bond acceptors (Lipinski definition) is 5. The molecule has 5 nitrogen and oxygen atoms in total. The van der Waals surface area contributed by atoms with Crippen LogP contribution in [-0.2, 0) is 11.3 Å². The minimum atomic E-state index is 0.222. The summed E-state index contributed by atoms with van der Waals surface area (Å²) in [4.78, 5) is 17.9. The highest BCUT2D eigenvalue weighted by atomic mass is 32.2. The van der Waals surface area contributed by atoms with Crippen LogP contribution in [0.25, 0.3) is 0 Å². The molecule has 1 aromatic heterocycles. The van der Waals surface area contributed by atoms with Gasteiger partial charge in [0.2, 0.25) is 5.91 Å². The summed E-state index contributed by atoms with van der Waals surface area (Å²) in [6, 6.07) is 8.34. The summed E-state index contributed by atoms with van der Waals surface area (Å²) in [5, 5.41) is 4.04. The van der Waals surface area contributed by atoms with Crippen molar-refractivity contribution in [2.24, 2.45) is 0 Å². The molecule has 0 radical (unpaired) electrons. The third-order valence-electron chi connectivity index (χ3n) is 4.63. The van der Waals surface area contributed by atoms with E-state index in [-0.39, 0.29) is 5.91 Å². The normalized spacial score (nSPS) is 15.6. The van der Waals surface area contributed by atoms with Gasteiger partial charge in [0.05, 0.1) is 11.4 Å². The van der Waals surface area contributed by atoms with E-state index in [1.54, 1.807) is 11.8 Å². The summed E-state index contributed by atoms with van der Waals surface area (Å²) in [6.45, 7) is 10.2. The van der Waals surface area contributed by atoms with Crippen molar-refractivity contribution < 1.29 is 9.32 Å². The van der Waals surface area contributed by atoms with Crippen LogP contribution in [0.2, 0.25) is 0 Å². The minimum Gasteiger partial charge on any atom is -0.361 e. The molecule has 1 saturated heterocycles. The maximum atomic E-state index is 12.5. The molecule has 1 amide bonds. The van der Waals surface area contributed by atoms with Crippen molar-refractivity contribution in [3.8, 4) is 0 Å². The first-order chi connectivity index (χ1) is 12.0. The Balaban J connectivity index is 1.44. The smallest absolute Gasteiger partial charge is 0.233 e. The molecule has 0 spiro atoms. The fraction of sp³-hybridized carbons (Fsp3) is 0.474. The summed E-state index contributed by atoms with van der Waals surface area (Å²) in [7, 11) is 0. The Morgan fingerprint density at radius 1 is 1.12 bits per heavy atom. The van der Waals surface area contributed by atoms with Crippen molar-refractivity contribution >= 4 is 17.7 Å². The topological polar surface area (TPSA) is 49.6 Å². The second-order valence-electron chi connectivity index (χ2n) is 6.62. The number of aryl methyl sites for hydroxylation is 3. The number of carbonyl (C=O) groups is 1. The van der Waals surface area contributed by atoms with Crippen molar-refractivity contribution in [3.05, 3.63) is 46.8 Å². The molecule has 0 aliphatic carbocycles. The van der Waals surface area contributed by atoms with Gasteiger partial charge in [-0.15, -0.1) is 11.8 Å². The van der Waals surface area contributed by atoms with E-state index in [9.17, 15) is 4.79 Å². The molecule has 0 atom stereocenters. The standard InChI is InChI=1S/C19H25N3O2S/c1-14-4-5-18(10-15(14)2)25-13-19(23)22-8-6-21(7-9-22)12-17-11-16(3)24-20-17/h4-5,10-11H,6-9,12-13H2,1-3H3. The predicted molar refractivity (Wildman–Crippen MR) is 99.7 cm³/mol. The third-order valence-corrected chi connectivity index (χ3v) is 5.61. The molecule has 3 rings (SSSR count). The Morgan fingerprint density at radius 2 is 1.88 bits per heavy atom. The number of benzene rings is 1. The Kier molecular flexibility index (Phi) is 5.81. The Hall–Kier alpha value is -1.79. The SMILES string of the molecule is Cc1cc(CN2CCN(C(=O)CSc3ccc(C)c(C)c3)CC2)no1. The average molecular weight is 359 g/mol. The molecule has 6 heteroatoms. The molecular formula is C19H25N3O2S. The lowest BCUT2D eigenvalue weighted by Gasteiger charge is -2.34. The predicted octanol–water partition coefficient (Wildman–Crippen LogP) is 3.04. The van der Waals surface area contributed by atoms with Gasteiger partial charge in [0.25, 0.3) is 0 Å². The number of thioether (sulfide) groups is 1. The van der Waals surface area contributed by atoms with Crippen molar-refractivity contribution in [3.63, 3.8) is 0 Å². The van der Waals surface area contributed by atoms with E-state index in [0.29, 0.717) is 5.75 Å². The van der Waals surface area contributed by atoms with Crippen molar-refractivity contribution in [2.75, 3.05) is 31.9 Å². The number of rotatable bonds is 5. The molecule has 134 valence electrons. The highest BCUT2D eigenvalue weighted by Gasteiger charge is 2.21. The van der Waals surface area contributed by atoms with Crippen LogP contribution in [-0.4, -0.2) is 52.8 Å². The molecule has 1 aliphatic rings. The molecule has 0 N–H and O–H groups in total. The molecule has 2 aromatic rings. The second-order valence-corrected chi connectivity index (χ2v) is 7.67. The van der Waals surface area contributed by atoms with E-state index < -0.39 is 0 Å². The number of nitrogens with zero attached hydrogens (tertiary/aromatic N) is 3. The molecule has 25 heavy (non-hydrogen) atoms. The third kappa shape index (κ3) is 4.86. The molecule has 0 saturated carbocycles. The Morgan fingerprint density at radius 3 is 2.52 bits per heavy atom. The largest absolute Gasteiger partial charge is 0.361 e. The monoisotopic (exact) mass is 359 g/mol. The minimum absolute atomic E-state index is 0.222. The van der Waals surface area contributed by atoms with Crippen LogP contribution in [0.1, 0.15) is 22.6 Å². The van der Waals surface area contributed by atoms with Crippen LogP contribution >= 0.6 is 11.8 Å². The summed E-state index contributed by atoms with van der Waals surface area (Å²) in [5.41, 5.74) is 3.52. The molecule has 1 aliphatic heterocycles. The number of amides is 1. The lowest BCUT2D eigenvalue weighted by Crippen LogP contribution is -2.48. The van der Waals surface area contributed by atoms with Crippen LogP contribution < -0.4 is 0 Å². The Labute approximate surface area is 153 Å². The second kappa shape index (κ2) is 8.06. The molecule has 2 heterocycles. The zero-order chi connectivity index (χ0) is 17.8. The molecule has 1 fully saturated rings. The number of piperazine rings is 1. The van der Waals surface area contributed by atoms with Crippen molar-refractivity contribution in [1.29, 1.82) is 0 Å². The summed E-state index contributed by atoms with van der Waals surface area (Å²) >= 11 is 1.62. The maximum Gasteiger partial charge on any atom is 0.233 e. The summed E-state index contributed by atoms with van der Waals surface area (Å²) < 4.78 is 5.11. The number of aromatic nitrogens is 1. The fourth-order valence-corrected chi connectivity index (χ4v) is 3.81. The van der Waals surface area contributed by atoms with Gasteiger partial charge in [0.15, 0.2) is 0 Å². The van der Waals surface area contributed by atoms with E-state index >= 15 is 0 Å². The summed E-state index contributed by atoms with van der Waals surface area (Å²) in [6.07, 6.45) is 0. The first-order valence-corrected chi connectivity index (χ1v) is 9.62. The highest BCUT2D eigenvalue weighted by molar-refractivity contribution is 8.00. The Bertz CT molecular complexity index is 736. The maximum absolute atomic E-state index is 12.5. The van der Waals surface area contributed by atoms with E-state index in [0.717, 1.165) is 49.1 Å². The highest BCUT2D eigenvalue weighted by Crippen LogP contribution is 2.21. The van der Waals surface area contributed by atoms with Crippen LogP contribution in [0.15, 0.2) is 33.7 Å². The average Bonchev–Trinajstić information content (AvgIpc) is 3.01. The van der Waals surface area contributed by atoms with Crippen LogP contribution in [0.3, 0.4) is 0 Å². The zero-order valence-electron chi connectivity index (χ0n) is 15.1. The van der Waals surface area contributed by atoms with Crippen molar-refractivity contribution in [1.82, 2.24) is 15.0 Å². The number of carbonyl (C=O) groups excluding carboxylic acids is 1. The van der Waals surface area contributed by atoms with Gasteiger partial charge in [-0.1, -0.05) is 11.2 Å². The molecular weight excluding hydrogens is 334 g/mol. The quantitative estimate of drug-likeness (QED) is 0.768. The van der Waals surface area contributed by atoms with Gasteiger partial charge in [0.1, 0.15) is 5.76 Å². The summed E-state index contributed by atoms with van der Waals surface area (Å²) in [5.74, 6) is 1.57. The van der Waals surface area contributed by atoms with Gasteiger partial charge in [0, 0.05) is 43.7 Å². The van der Waals surface area contributed by atoms with Gasteiger partial charge < -0.3 is 9.42 Å². The first kappa shape index (κ1) is 18.0. The van der Waals surface area contributed by atoms with Gasteiger partial charge in [-0.2, -0.15) is 0 Å². The van der Waals surface area contributed by atoms with Crippen LogP contribution in [0, 0.1) is 20.8 Å². The lowest BCUT2D eigenvalue weighted by atomic mass is 10.1. The van der Waals surface area contributed by atoms with E-state index in [1.165, 1.54) is 11.1 Å². The molecule has 1 aromatic carbocycles. The van der Waals surface area contributed by atoms with Gasteiger partial charge in [-0.05, 0) is 44.0 Å². The van der Waals surface area contributed by atoms with E-state index in [1.807, 2.05) is 17.9 Å². The van der Waals surface area contributed by atoms with Crippen molar-refractivity contribution in [2.45, 2.75) is 32.2 Å². The first-order valence-electron chi connectivity index (χ1n) is 8.63. The van der Waals surface area contributed by atoms with E-state index in [4.69, 9.17) is 4.52 Å². The number of hydrogen-bond donors (Lipinski definition) is 0. The van der Waals surface area contributed by atoms with Crippen LogP contribution in [0.5, 0.6) is 0 Å². The lowest BCUT2D eigenvalue weighted by molar-refractivity contribution is -0.130. The van der Waals surface area contributed by atoms with Gasteiger partial charge in [-0.3, -0.25) is 9.69 Å². The molecule has 0 bridgehead atoms. The van der Waals surface area contributed by atoms with Gasteiger partial charge >= 0.3 is 0 Å².